The number of carbonyl (C=O) groups excluding carboxylic acids is 1. The molecule has 0 saturated carbocycles. The molecule has 2 aliphatic rings. The molecule has 148 valence electrons. The zero-order valence-corrected chi connectivity index (χ0v) is 16.2. The van der Waals surface area contributed by atoms with Crippen molar-refractivity contribution in [2.75, 3.05) is 16.5 Å². The maximum atomic E-state index is 12.9. The minimum atomic E-state index is -0.205. The number of hydrazone groups is 1. The molecule has 2 aliphatic heterocycles. The van der Waals surface area contributed by atoms with Gasteiger partial charge in [-0.25, -0.2) is 4.89 Å². The largest absolute Gasteiger partial charge is 0.439 e. The molecule has 0 bridgehead atoms. The molecule has 1 N–H and O–H groups in total. The summed E-state index contributed by atoms with van der Waals surface area (Å²) < 4.78 is 5.93. The second kappa shape index (κ2) is 7.90. The van der Waals surface area contributed by atoms with E-state index in [-0.39, 0.29) is 12.5 Å². The van der Waals surface area contributed by atoms with Crippen LogP contribution in [0.3, 0.4) is 0 Å². The second-order valence-corrected chi connectivity index (χ2v) is 6.64. The highest BCUT2D eigenvalue weighted by Crippen LogP contribution is 2.38. The molecule has 0 aromatic heterocycles. The van der Waals surface area contributed by atoms with Crippen LogP contribution in [0.15, 0.2) is 77.2 Å². The molecule has 4 rings (SSSR count). The summed E-state index contributed by atoms with van der Waals surface area (Å²) in [5.41, 5.74) is 3.59. The standard InChI is InChI=1S/C22H21N3O4/c1-3-24-19-6-4-5-7-20(19)29-21(24)13-12-18-15(2)23-25(22(18)26)17-10-8-16(9-11-17)14-28-27/h4-13,27H,3,14H2,1-2H3/b18-12+,21-13+. The number of carbonyl (C=O) groups is 1. The summed E-state index contributed by atoms with van der Waals surface area (Å²) >= 11 is 0. The molecule has 7 nitrogen and oxygen atoms in total. The highest BCUT2D eigenvalue weighted by molar-refractivity contribution is 6.29. The third-order valence-corrected chi connectivity index (χ3v) is 4.82. The van der Waals surface area contributed by atoms with Crippen LogP contribution in [0.5, 0.6) is 5.75 Å². The topological polar surface area (TPSA) is 74.6 Å². The quantitative estimate of drug-likeness (QED) is 0.472. The molecule has 0 saturated heterocycles. The van der Waals surface area contributed by atoms with E-state index in [1.807, 2.05) is 31.2 Å². The Bertz CT molecular complexity index is 1020. The predicted molar refractivity (Wildman–Crippen MR) is 111 cm³/mol. The van der Waals surface area contributed by atoms with E-state index in [0.717, 1.165) is 23.5 Å². The van der Waals surface area contributed by atoms with Gasteiger partial charge in [-0.2, -0.15) is 10.1 Å². The van der Waals surface area contributed by atoms with E-state index in [1.54, 1.807) is 43.3 Å². The van der Waals surface area contributed by atoms with Crippen molar-refractivity contribution in [2.24, 2.45) is 5.10 Å². The predicted octanol–water partition coefficient (Wildman–Crippen LogP) is 4.09. The van der Waals surface area contributed by atoms with Gasteiger partial charge in [0, 0.05) is 6.54 Å². The van der Waals surface area contributed by atoms with E-state index in [9.17, 15) is 4.79 Å². The second-order valence-electron chi connectivity index (χ2n) is 6.64. The summed E-state index contributed by atoms with van der Waals surface area (Å²) in [5, 5.41) is 14.3. The molecule has 0 spiro atoms. The molecule has 29 heavy (non-hydrogen) atoms. The first kappa shape index (κ1) is 18.9. The van der Waals surface area contributed by atoms with Crippen LogP contribution >= 0.6 is 0 Å². The van der Waals surface area contributed by atoms with Crippen LogP contribution in [0, 0.1) is 0 Å². The van der Waals surface area contributed by atoms with Crippen molar-refractivity contribution in [3.63, 3.8) is 0 Å². The molecule has 0 fully saturated rings. The lowest BCUT2D eigenvalue weighted by Crippen LogP contribution is -2.21. The summed E-state index contributed by atoms with van der Waals surface area (Å²) in [4.78, 5) is 19.1. The van der Waals surface area contributed by atoms with E-state index in [0.29, 0.717) is 22.9 Å². The van der Waals surface area contributed by atoms with Gasteiger partial charge in [0.05, 0.1) is 22.7 Å². The lowest BCUT2D eigenvalue weighted by atomic mass is 10.1. The van der Waals surface area contributed by atoms with E-state index in [4.69, 9.17) is 9.99 Å². The zero-order valence-electron chi connectivity index (χ0n) is 16.2. The van der Waals surface area contributed by atoms with Crippen LogP contribution < -0.4 is 14.6 Å². The van der Waals surface area contributed by atoms with Crippen LogP contribution in [-0.4, -0.2) is 23.4 Å². The van der Waals surface area contributed by atoms with Crippen molar-refractivity contribution in [3.8, 4) is 5.75 Å². The van der Waals surface area contributed by atoms with E-state index >= 15 is 0 Å². The first-order valence-electron chi connectivity index (χ1n) is 9.34. The third-order valence-electron chi connectivity index (χ3n) is 4.82. The number of rotatable bonds is 5. The molecular formula is C22H21N3O4. The van der Waals surface area contributed by atoms with Crippen LogP contribution in [0.25, 0.3) is 0 Å². The number of para-hydroxylation sites is 2. The van der Waals surface area contributed by atoms with Crippen LogP contribution in [0.4, 0.5) is 11.4 Å². The Hall–Kier alpha value is -3.42. The van der Waals surface area contributed by atoms with E-state index < -0.39 is 0 Å². The van der Waals surface area contributed by atoms with Crippen molar-refractivity contribution in [1.82, 2.24) is 0 Å². The number of hydrogen-bond donors (Lipinski definition) is 1. The smallest absolute Gasteiger partial charge is 0.280 e. The molecule has 0 atom stereocenters. The SMILES string of the molecule is CCN1/C(=C\C=C2\C(=O)N(c3ccc(COO)cc3)N=C2C)Oc2ccccc21. The van der Waals surface area contributed by atoms with E-state index in [1.165, 1.54) is 5.01 Å². The molecule has 7 heteroatoms. The van der Waals surface area contributed by atoms with Gasteiger partial charge in [-0.1, -0.05) is 24.3 Å². The lowest BCUT2D eigenvalue weighted by molar-refractivity contribution is -0.253. The lowest BCUT2D eigenvalue weighted by Gasteiger charge is -2.15. The number of benzene rings is 2. The Morgan fingerprint density at radius 1 is 1.14 bits per heavy atom. The normalized spacial score (nSPS) is 18.4. The fourth-order valence-corrected chi connectivity index (χ4v) is 3.35. The fraction of sp³-hybridized carbons (Fsp3) is 0.182. The van der Waals surface area contributed by atoms with Gasteiger partial charge < -0.3 is 9.64 Å². The van der Waals surface area contributed by atoms with Crippen molar-refractivity contribution in [3.05, 3.63) is 77.7 Å². The highest BCUT2D eigenvalue weighted by Gasteiger charge is 2.29. The Balaban J connectivity index is 1.57. The minimum absolute atomic E-state index is 0.0889. The van der Waals surface area contributed by atoms with Gasteiger partial charge in [0.1, 0.15) is 6.61 Å². The van der Waals surface area contributed by atoms with Crippen LogP contribution in [0.2, 0.25) is 0 Å². The number of anilines is 2. The average molecular weight is 391 g/mol. The van der Waals surface area contributed by atoms with Crippen molar-refractivity contribution < 1.29 is 19.7 Å². The molecule has 2 heterocycles. The summed E-state index contributed by atoms with van der Waals surface area (Å²) in [6.07, 6.45) is 3.56. The van der Waals surface area contributed by atoms with Crippen molar-refractivity contribution in [2.45, 2.75) is 20.5 Å². The Kier molecular flexibility index (Phi) is 5.16. The molecular weight excluding hydrogens is 370 g/mol. The maximum absolute atomic E-state index is 12.9. The van der Waals surface area contributed by atoms with Crippen LogP contribution in [0.1, 0.15) is 19.4 Å². The number of amides is 1. The van der Waals surface area contributed by atoms with Gasteiger partial charge in [0.15, 0.2) is 5.75 Å². The average Bonchev–Trinajstić information content (AvgIpc) is 3.23. The fourth-order valence-electron chi connectivity index (χ4n) is 3.35. The molecule has 2 aromatic carbocycles. The van der Waals surface area contributed by atoms with E-state index in [2.05, 4.69) is 14.9 Å². The van der Waals surface area contributed by atoms with Crippen molar-refractivity contribution in [1.29, 1.82) is 0 Å². The molecule has 1 amide bonds. The Labute approximate surface area is 168 Å². The molecule has 0 unspecified atom stereocenters. The van der Waals surface area contributed by atoms with Crippen molar-refractivity contribution >= 4 is 23.0 Å². The Morgan fingerprint density at radius 2 is 1.90 bits per heavy atom. The molecule has 0 radical (unpaired) electrons. The number of ether oxygens (including phenoxy) is 1. The minimum Gasteiger partial charge on any atom is -0.439 e. The van der Waals surface area contributed by atoms with Gasteiger partial charge in [-0.15, -0.1) is 0 Å². The Morgan fingerprint density at radius 3 is 2.62 bits per heavy atom. The number of nitrogens with zero attached hydrogens (tertiary/aromatic N) is 3. The summed E-state index contributed by atoms with van der Waals surface area (Å²) in [6, 6.07) is 14.9. The number of hydrogen-bond acceptors (Lipinski definition) is 6. The van der Waals surface area contributed by atoms with Gasteiger partial charge in [-0.05, 0) is 55.8 Å². The van der Waals surface area contributed by atoms with Crippen LogP contribution in [-0.2, 0) is 16.3 Å². The number of allylic oxidation sites excluding steroid dienone is 2. The first-order valence-corrected chi connectivity index (χ1v) is 9.34. The maximum Gasteiger partial charge on any atom is 0.280 e. The first-order chi connectivity index (χ1) is 14.1. The van der Waals surface area contributed by atoms with Gasteiger partial charge in [0.2, 0.25) is 5.88 Å². The van der Waals surface area contributed by atoms with Gasteiger partial charge in [0.25, 0.3) is 5.91 Å². The number of fused-ring (bicyclic) bond motifs is 1. The summed E-state index contributed by atoms with van der Waals surface area (Å²) in [6.45, 7) is 4.69. The summed E-state index contributed by atoms with van der Waals surface area (Å²) in [7, 11) is 0. The third kappa shape index (κ3) is 3.53. The van der Waals surface area contributed by atoms with Gasteiger partial charge >= 0.3 is 0 Å². The monoisotopic (exact) mass is 391 g/mol. The highest BCUT2D eigenvalue weighted by atomic mass is 17.1. The zero-order chi connectivity index (χ0) is 20.4. The molecule has 2 aromatic rings. The summed E-state index contributed by atoms with van der Waals surface area (Å²) in [5.74, 6) is 1.27. The van der Waals surface area contributed by atoms with Gasteiger partial charge in [-0.3, -0.25) is 10.1 Å². The molecule has 0 aliphatic carbocycles.